The van der Waals surface area contributed by atoms with Crippen molar-refractivity contribution in [3.05, 3.63) is 23.3 Å². The van der Waals surface area contributed by atoms with Gasteiger partial charge in [-0.15, -0.1) is 0 Å². The Labute approximate surface area is 94.1 Å². The third-order valence-corrected chi connectivity index (χ3v) is 3.03. The van der Waals surface area contributed by atoms with Gasteiger partial charge in [0, 0.05) is 30.8 Å². The zero-order valence-electron chi connectivity index (χ0n) is 9.31. The molecule has 1 aliphatic heterocycles. The Bertz CT molecular complexity index is 406. The fourth-order valence-corrected chi connectivity index (χ4v) is 2.07. The Balaban J connectivity index is 2.34. The lowest BCUT2D eigenvalue weighted by molar-refractivity contribution is 0.0688. The molecule has 1 aliphatic rings. The number of hydrogen-bond acceptors (Lipinski definition) is 4. The van der Waals surface area contributed by atoms with Crippen molar-refractivity contribution in [3.8, 4) is 0 Å². The van der Waals surface area contributed by atoms with Crippen LogP contribution in [0.2, 0.25) is 0 Å². The van der Waals surface area contributed by atoms with E-state index in [1.54, 1.807) is 0 Å². The van der Waals surface area contributed by atoms with E-state index in [9.17, 15) is 4.79 Å². The predicted octanol–water partition coefficient (Wildman–Crippen LogP) is 0.595. The molecular formula is C11H15N3O2. The number of carboxylic acid groups (broad SMARTS) is 1. The lowest BCUT2D eigenvalue weighted by atomic mass is 10.1. The van der Waals surface area contributed by atoms with E-state index in [2.05, 4.69) is 21.8 Å². The Morgan fingerprint density at radius 1 is 1.44 bits per heavy atom. The van der Waals surface area contributed by atoms with Crippen molar-refractivity contribution in [2.24, 2.45) is 0 Å². The summed E-state index contributed by atoms with van der Waals surface area (Å²) in [5, 5.41) is 9.05. The summed E-state index contributed by atoms with van der Waals surface area (Å²) in [6, 6.07) is 0. The Morgan fingerprint density at radius 3 is 2.88 bits per heavy atom. The zero-order valence-corrected chi connectivity index (χ0v) is 9.31. The molecule has 0 aromatic carbocycles. The van der Waals surface area contributed by atoms with Crippen LogP contribution in [0, 0.1) is 0 Å². The van der Waals surface area contributed by atoms with Gasteiger partial charge in [0.1, 0.15) is 6.33 Å². The summed E-state index contributed by atoms with van der Waals surface area (Å²) in [5.74, 6) is -0.955. The highest BCUT2D eigenvalue weighted by Crippen LogP contribution is 2.16. The summed E-state index contributed by atoms with van der Waals surface area (Å²) in [5.41, 5.74) is 1.87. The van der Waals surface area contributed by atoms with Crippen LogP contribution in [0.25, 0.3) is 0 Å². The number of aromatic carboxylic acids is 1. The van der Waals surface area contributed by atoms with E-state index >= 15 is 0 Å². The van der Waals surface area contributed by atoms with Crippen LogP contribution in [0.15, 0.2) is 6.33 Å². The van der Waals surface area contributed by atoms with Crippen molar-refractivity contribution in [2.75, 3.05) is 19.6 Å². The highest BCUT2D eigenvalue weighted by atomic mass is 16.4. The zero-order chi connectivity index (χ0) is 11.5. The highest BCUT2D eigenvalue weighted by Gasteiger charge is 2.20. The maximum Gasteiger partial charge on any atom is 0.354 e. The van der Waals surface area contributed by atoms with Crippen LogP contribution >= 0.6 is 0 Å². The van der Waals surface area contributed by atoms with Gasteiger partial charge in [-0.2, -0.15) is 0 Å². The summed E-state index contributed by atoms with van der Waals surface area (Å²) in [6.07, 6.45) is 2.89. The van der Waals surface area contributed by atoms with Gasteiger partial charge in [-0.1, -0.05) is 6.92 Å². The van der Waals surface area contributed by atoms with Crippen LogP contribution in [0.1, 0.15) is 28.7 Å². The SMILES string of the molecule is CCN1CCc2ncnc(C(=O)O)c2CC1. The molecule has 0 unspecified atom stereocenters. The molecule has 1 N–H and O–H groups in total. The summed E-state index contributed by atoms with van der Waals surface area (Å²) in [7, 11) is 0. The van der Waals surface area contributed by atoms with Crippen LogP contribution in [-0.4, -0.2) is 45.6 Å². The third kappa shape index (κ3) is 2.04. The molecule has 0 amide bonds. The average molecular weight is 221 g/mol. The molecule has 0 saturated carbocycles. The number of carbonyl (C=O) groups is 1. The first-order valence-corrected chi connectivity index (χ1v) is 5.50. The van der Waals surface area contributed by atoms with Crippen molar-refractivity contribution in [1.29, 1.82) is 0 Å². The van der Waals surface area contributed by atoms with Crippen molar-refractivity contribution in [2.45, 2.75) is 19.8 Å². The van der Waals surface area contributed by atoms with Crippen molar-refractivity contribution >= 4 is 5.97 Å². The van der Waals surface area contributed by atoms with Gasteiger partial charge in [0.15, 0.2) is 5.69 Å². The molecule has 2 rings (SSSR count). The minimum absolute atomic E-state index is 0.169. The molecule has 5 nitrogen and oxygen atoms in total. The number of hydrogen-bond donors (Lipinski definition) is 1. The van der Waals surface area contributed by atoms with E-state index < -0.39 is 5.97 Å². The molecule has 0 bridgehead atoms. The summed E-state index contributed by atoms with van der Waals surface area (Å²) in [6.45, 7) is 4.93. The molecule has 0 saturated heterocycles. The molecule has 0 atom stereocenters. The van der Waals surface area contributed by atoms with Crippen LogP contribution in [-0.2, 0) is 12.8 Å². The number of likely N-dealkylation sites (N-methyl/N-ethyl adjacent to an activating group) is 1. The van der Waals surface area contributed by atoms with Crippen molar-refractivity contribution < 1.29 is 9.90 Å². The molecule has 0 fully saturated rings. The standard InChI is InChI=1S/C11H15N3O2/c1-2-14-5-3-8-9(4-6-14)12-7-13-10(8)11(15)16/h7H,2-6H2,1H3,(H,15,16). The molecule has 0 aliphatic carbocycles. The monoisotopic (exact) mass is 221 g/mol. The molecule has 86 valence electrons. The fraction of sp³-hybridized carbons (Fsp3) is 0.545. The Morgan fingerprint density at radius 2 is 2.19 bits per heavy atom. The van der Waals surface area contributed by atoms with Crippen molar-refractivity contribution in [3.63, 3.8) is 0 Å². The normalized spacial score (nSPS) is 16.6. The van der Waals surface area contributed by atoms with Gasteiger partial charge in [-0.05, 0) is 13.0 Å². The molecule has 16 heavy (non-hydrogen) atoms. The van der Waals surface area contributed by atoms with Gasteiger partial charge >= 0.3 is 5.97 Å². The second-order valence-corrected chi connectivity index (χ2v) is 3.89. The quantitative estimate of drug-likeness (QED) is 0.792. The molecule has 0 spiro atoms. The number of carboxylic acids is 1. The number of aromatic nitrogens is 2. The first kappa shape index (κ1) is 11.0. The molecule has 1 aromatic rings. The maximum absolute atomic E-state index is 11.0. The smallest absolute Gasteiger partial charge is 0.354 e. The first-order valence-electron chi connectivity index (χ1n) is 5.50. The van der Waals surface area contributed by atoms with E-state index in [0.29, 0.717) is 0 Å². The molecule has 5 heteroatoms. The topological polar surface area (TPSA) is 66.3 Å². The molecule has 2 heterocycles. The van der Waals surface area contributed by atoms with E-state index in [1.165, 1.54) is 6.33 Å². The van der Waals surface area contributed by atoms with Gasteiger partial charge in [-0.3, -0.25) is 0 Å². The van der Waals surface area contributed by atoms with Crippen LogP contribution < -0.4 is 0 Å². The summed E-state index contributed by atoms with van der Waals surface area (Å²) >= 11 is 0. The Hall–Kier alpha value is -1.49. The molecule has 0 radical (unpaired) electrons. The minimum atomic E-state index is -0.955. The number of fused-ring (bicyclic) bond motifs is 1. The lowest BCUT2D eigenvalue weighted by Crippen LogP contribution is -2.25. The maximum atomic E-state index is 11.0. The fourth-order valence-electron chi connectivity index (χ4n) is 2.07. The third-order valence-electron chi connectivity index (χ3n) is 3.03. The van der Waals surface area contributed by atoms with Gasteiger partial charge < -0.3 is 10.0 Å². The van der Waals surface area contributed by atoms with E-state index in [-0.39, 0.29) is 5.69 Å². The average Bonchev–Trinajstić information content (AvgIpc) is 2.50. The Kier molecular flexibility index (Phi) is 3.14. The first-order chi connectivity index (χ1) is 7.72. The second-order valence-electron chi connectivity index (χ2n) is 3.89. The van der Waals surface area contributed by atoms with Gasteiger partial charge in [0.2, 0.25) is 0 Å². The van der Waals surface area contributed by atoms with Crippen molar-refractivity contribution in [1.82, 2.24) is 14.9 Å². The van der Waals surface area contributed by atoms with Gasteiger partial charge in [0.25, 0.3) is 0 Å². The largest absolute Gasteiger partial charge is 0.477 e. The highest BCUT2D eigenvalue weighted by molar-refractivity contribution is 5.87. The summed E-state index contributed by atoms with van der Waals surface area (Å²) in [4.78, 5) is 21.4. The number of rotatable bonds is 2. The second kappa shape index (κ2) is 4.57. The van der Waals surface area contributed by atoms with E-state index in [0.717, 1.165) is 43.7 Å². The number of nitrogens with zero attached hydrogens (tertiary/aromatic N) is 3. The van der Waals surface area contributed by atoms with Gasteiger partial charge in [-0.25, -0.2) is 14.8 Å². The molecular weight excluding hydrogens is 206 g/mol. The van der Waals surface area contributed by atoms with Crippen LogP contribution in [0.4, 0.5) is 0 Å². The van der Waals surface area contributed by atoms with Gasteiger partial charge in [0.05, 0.1) is 0 Å². The minimum Gasteiger partial charge on any atom is -0.477 e. The van der Waals surface area contributed by atoms with E-state index in [1.807, 2.05) is 0 Å². The van der Waals surface area contributed by atoms with E-state index in [4.69, 9.17) is 5.11 Å². The predicted molar refractivity (Wildman–Crippen MR) is 58.5 cm³/mol. The summed E-state index contributed by atoms with van der Waals surface area (Å²) < 4.78 is 0. The lowest BCUT2D eigenvalue weighted by Gasteiger charge is -2.16. The van der Waals surface area contributed by atoms with Crippen LogP contribution in [0.5, 0.6) is 0 Å². The molecule has 1 aromatic heterocycles. The van der Waals surface area contributed by atoms with Crippen LogP contribution in [0.3, 0.4) is 0 Å².